The van der Waals surface area contributed by atoms with Crippen LogP contribution in [0.2, 0.25) is 0 Å². The lowest BCUT2D eigenvalue weighted by atomic mass is 10.0. The van der Waals surface area contributed by atoms with E-state index >= 15 is 0 Å². The van der Waals surface area contributed by atoms with Gasteiger partial charge in [-0.2, -0.15) is 8.78 Å². The minimum absolute atomic E-state index is 0.0591. The smallest absolute Gasteiger partial charge is 0.288 e. The van der Waals surface area contributed by atoms with E-state index in [1.54, 1.807) is 12.1 Å². The van der Waals surface area contributed by atoms with Crippen molar-refractivity contribution in [1.82, 2.24) is 5.32 Å². The number of thioether (sulfide) groups is 1. The van der Waals surface area contributed by atoms with Gasteiger partial charge in [0, 0.05) is 4.90 Å². The first-order valence-corrected chi connectivity index (χ1v) is 6.79. The molecule has 0 unspecified atom stereocenters. The molecular formula is C13H17F2NO2S. The van der Waals surface area contributed by atoms with E-state index < -0.39 is 17.7 Å². The van der Waals surface area contributed by atoms with Crippen LogP contribution in [0.3, 0.4) is 0 Å². The van der Waals surface area contributed by atoms with Gasteiger partial charge in [0.25, 0.3) is 11.7 Å². The lowest BCUT2D eigenvalue weighted by Gasteiger charge is -2.20. The van der Waals surface area contributed by atoms with E-state index in [1.807, 2.05) is 13.8 Å². The largest absolute Gasteiger partial charge is 0.394 e. The fourth-order valence-electron chi connectivity index (χ4n) is 1.52. The SMILES string of the molecule is CC(C)[C@@H](CO)NC(=O)c1ccccc1SC(F)F. The van der Waals surface area contributed by atoms with Gasteiger partial charge >= 0.3 is 0 Å². The Balaban J connectivity index is 2.87. The molecule has 0 aromatic heterocycles. The highest BCUT2D eigenvalue weighted by molar-refractivity contribution is 7.99. The second-order valence-corrected chi connectivity index (χ2v) is 5.41. The van der Waals surface area contributed by atoms with Crippen LogP contribution < -0.4 is 5.32 Å². The highest BCUT2D eigenvalue weighted by atomic mass is 32.2. The second kappa shape index (κ2) is 7.45. The molecule has 0 saturated heterocycles. The minimum atomic E-state index is -2.58. The minimum Gasteiger partial charge on any atom is -0.394 e. The average molecular weight is 289 g/mol. The molecule has 1 aromatic rings. The number of alkyl halides is 2. The molecule has 106 valence electrons. The maximum atomic E-state index is 12.4. The number of aliphatic hydroxyl groups is 1. The Kier molecular flexibility index (Phi) is 6.24. The van der Waals surface area contributed by atoms with Crippen molar-refractivity contribution in [3.8, 4) is 0 Å². The van der Waals surface area contributed by atoms with Crippen LogP contribution in [-0.4, -0.2) is 29.4 Å². The highest BCUT2D eigenvalue weighted by Gasteiger charge is 2.19. The van der Waals surface area contributed by atoms with Gasteiger partial charge in [0.2, 0.25) is 0 Å². The summed E-state index contributed by atoms with van der Waals surface area (Å²) in [4.78, 5) is 12.3. The van der Waals surface area contributed by atoms with Crippen molar-refractivity contribution in [2.24, 2.45) is 5.92 Å². The Hall–Kier alpha value is -1.14. The zero-order chi connectivity index (χ0) is 14.4. The second-order valence-electron chi connectivity index (χ2n) is 4.38. The molecule has 3 nitrogen and oxygen atoms in total. The topological polar surface area (TPSA) is 49.3 Å². The van der Waals surface area contributed by atoms with Crippen molar-refractivity contribution in [3.63, 3.8) is 0 Å². The Labute approximate surface area is 115 Å². The lowest BCUT2D eigenvalue weighted by molar-refractivity contribution is 0.0894. The van der Waals surface area contributed by atoms with E-state index in [-0.39, 0.29) is 23.0 Å². The molecule has 0 saturated carbocycles. The van der Waals surface area contributed by atoms with Crippen LogP contribution in [0.5, 0.6) is 0 Å². The maximum Gasteiger partial charge on any atom is 0.288 e. The number of carbonyl (C=O) groups excluding carboxylic acids is 1. The molecule has 1 aromatic carbocycles. The molecule has 0 spiro atoms. The third-order valence-electron chi connectivity index (χ3n) is 2.67. The van der Waals surface area contributed by atoms with Crippen LogP contribution in [0.4, 0.5) is 8.78 Å². The van der Waals surface area contributed by atoms with Crippen LogP contribution in [0.15, 0.2) is 29.2 Å². The van der Waals surface area contributed by atoms with Gasteiger partial charge in [0.05, 0.1) is 18.2 Å². The summed E-state index contributed by atoms with van der Waals surface area (Å²) in [5.41, 5.74) is 0.201. The monoisotopic (exact) mass is 289 g/mol. The first-order chi connectivity index (χ1) is 8.95. The van der Waals surface area contributed by atoms with E-state index in [4.69, 9.17) is 5.11 Å². The van der Waals surface area contributed by atoms with Crippen molar-refractivity contribution in [2.75, 3.05) is 6.61 Å². The summed E-state index contributed by atoms with van der Waals surface area (Å²) in [5, 5.41) is 11.8. The van der Waals surface area contributed by atoms with Crippen molar-refractivity contribution in [3.05, 3.63) is 29.8 Å². The molecule has 1 atom stereocenters. The van der Waals surface area contributed by atoms with Gasteiger partial charge in [-0.05, 0) is 18.1 Å². The molecule has 1 amide bonds. The van der Waals surface area contributed by atoms with Crippen molar-refractivity contribution < 1.29 is 18.7 Å². The molecule has 0 aliphatic rings. The number of benzene rings is 1. The lowest BCUT2D eigenvalue weighted by Crippen LogP contribution is -2.41. The van der Waals surface area contributed by atoms with E-state index in [1.165, 1.54) is 12.1 Å². The van der Waals surface area contributed by atoms with Crippen LogP contribution in [0.25, 0.3) is 0 Å². The third kappa shape index (κ3) is 4.80. The van der Waals surface area contributed by atoms with Gasteiger partial charge in [-0.25, -0.2) is 0 Å². The standard InChI is InChI=1S/C13H17F2NO2S/c1-8(2)10(7-17)16-12(18)9-5-3-4-6-11(9)19-13(14)15/h3-6,8,10,13,17H,7H2,1-2H3,(H,16,18)/t10-/m1/s1. The molecule has 19 heavy (non-hydrogen) atoms. The normalized spacial score (nSPS) is 12.8. The molecule has 0 radical (unpaired) electrons. The molecule has 1 rings (SSSR count). The zero-order valence-electron chi connectivity index (χ0n) is 10.8. The molecule has 0 aliphatic carbocycles. The highest BCUT2D eigenvalue weighted by Crippen LogP contribution is 2.28. The first kappa shape index (κ1) is 15.9. The number of carbonyl (C=O) groups is 1. The van der Waals surface area contributed by atoms with Crippen LogP contribution >= 0.6 is 11.8 Å². The van der Waals surface area contributed by atoms with Gasteiger partial charge < -0.3 is 10.4 Å². The Morgan fingerprint density at radius 2 is 2.00 bits per heavy atom. The van der Waals surface area contributed by atoms with Gasteiger partial charge in [-0.15, -0.1) is 0 Å². The van der Waals surface area contributed by atoms with Gasteiger partial charge in [0.1, 0.15) is 0 Å². The number of hydrogen-bond acceptors (Lipinski definition) is 3. The zero-order valence-corrected chi connectivity index (χ0v) is 11.6. The van der Waals surface area contributed by atoms with E-state index in [0.29, 0.717) is 11.8 Å². The molecule has 0 fully saturated rings. The van der Waals surface area contributed by atoms with Crippen molar-refractivity contribution in [2.45, 2.75) is 30.5 Å². The third-order valence-corrected chi connectivity index (χ3v) is 3.45. The van der Waals surface area contributed by atoms with Gasteiger partial charge in [0.15, 0.2) is 0 Å². The summed E-state index contributed by atoms with van der Waals surface area (Å²) in [6.07, 6.45) is 0. The van der Waals surface area contributed by atoms with E-state index in [9.17, 15) is 13.6 Å². The number of aliphatic hydroxyl groups excluding tert-OH is 1. The van der Waals surface area contributed by atoms with Gasteiger partial charge in [-0.3, -0.25) is 4.79 Å². The van der Waals surface area contributed by atoms with Crippen molar-refractivity contribution in [1.29, 1.82) is 0 Å². The Morgan fingerprint density at radius 1 is 1.37 bits per heavy atom. The molecular weight excluding hydrogens is 272 g/mol. The number of rotatable bonds is 6. The summed E-state index contributed by atoms with van der Waals surface area (Å²) in [6, 6.07) is 5.81. The number of amides is 1. The average Bonchev–Trinajstić information content (AvgIpc) is 2.35. The quantitative estimate of drug-likeness (QED) is 0.792. The van der Waals surface area contributed by atoms with Crippen molar-refractivity contribution >= 4 is 17.7 Å². The summed E-state index contributed by atoms with van der Waals surface area (Å²) in [5.74, 6) is -2.96. The first-order valence-electron chi connectivity index (χ1n) is 5.91. The Bertz CT molecular complexity index is 427. The molecule has 6 heteroatoms. The van der Waals surface area contributed by atoms with Crippen LogP contribution in [0.1, 0.15) is 24.2 Å². The Morgan fingerprint density at radius 3 is 2.53 bits per heavy atom. The number of halogens is 2. The number of nitrogens with one attached hydrogen (secondary N) is 1. The summed E-state index contributed by atoms with van der Waals surface area (Å²) in [6.45, 7) is 3.54. The maximum absolute atomic E-state index is 12.4. The predicted octanol–water partition coefficient (Wildman–Crippen LogP) is 2.75. The molecule has 0 heterocycles. The summed E-state index contributed by atoms with van der Waals surface area (Å²) >= 11 is 0.340. The number of hydrogen-bond donors (Lipinski definition) is 2. The molecule has 2 N–H and O–H groups in total. The van der Waals surface area contributed by atoms with Gasteiger partial charge in [-0.1, -0.05) is 37.7 Å². The van der Waals surface area contributed by atoms with E-state index in [2.05, 4.69) is 5.32 Å². The summed E-state index contributed by atoms with van der Waals surface area (Å²) in [7, 11) is 0. The fourth-order valence-corrected chi connectivity index (χ4v) is 2.16. The molecule has 0 aliphatic heterocycles. The predicted molar refractivity (Wildman–Crippen MR) is 71.5 cm³/mol. The summed E-state index contributed by atoms with van der Waals surface area (Å²) < 4.78 is 24.8. The van der Waals surface area contributed by atoms with Crippen LogP contribution in [0, 0.1) is 5.92 Å². The van der Waals surface area contributed by atoms with Crippen LogP contribution in [-0.2, 0) is 0 Å². The fraction of sp³-hybridized carbons (Fsp3) is 0.462. The van der Waals surface area contributed by atoms with E-state index in [0.717, 1.165) is 0 Å². The molecule has 0 bridgehead atoms.